The Labute approximate surface area is 32.8 Å². The van der Waals surface area contributed by atoms with Gasteiger partial charge in [0.2, 0.25) is 9.57 Å². The zero-order valence-corrected chi connectivity index (χ0v) is 5.49. The summed E-state index contributed by atoms with van der Waals surface area (Å²) in [6.45, 7) is 0. The lowest BCUT2D eigenvalue weighted by Crippen LogP contribution is -1.91. The van der Waals surface area contributed by atoms with Gasteiger partial charge >= 0.3 is 0 Å². The Hall–Kier alpha value is 0.127. The molecule has 0 aromatic heterocycles. The van der Waals surface area contributed by atoms with Crippen molar-refractivity contribution in [2.45, 2.75) is 0 Å². The maximum atomic E-state index is 9.25. The van der Waals surface area contributed by atoms with Gasteiger partial charge in [-0.3, -0.25) is 4.55 Å². The molecule has 5 heteroatoms. The van der Waals surface area contributed by atoms with Crippen molar-refractivity contribution in [3.63, 3.8) is 0 Å². The molecule has 0 aromatic rings. The zero-order valence-electron chi connectivity index (χ0n) is 2.67. The lowest BCUT2D eigenvalue weighted by molar-refractivity contribution is 0.501. The fourth-order valence-corrected chi connectivity index (χ4v) is 0. The predicted octanol–water partition coefficient (Wildman–Crippen LogP) is -1.85. The third-order valence-corrected chi connectivity index (χ3v) is 0. The molecule has 1 N–H and O–H groups in total. The summed E-state index contributed by atoms with van der Waals surface area (Å²) < 4.78 is 26.1. The zero-order chi connectivity index (χ0) is 4.50. The summed E-state index contributed by atoms with van der Waals surface area (Å²) in [6.07, 6.45) is 0. The van der Waals surface area contributed by atoms with Crippen LogP contribution in [0.5, 0.6) is 0 Å². The van der Waals surface area contributed by atoms with Gasteiger partial charge in [0, 0.05) is 0 Å². The summed E-state index contributed by atoms with van der Waals surface area (Å²) in [5, 5.41) is 0. The summed E-state index contributed by atoms with van der Waals surface area (Å²) in [5.41, 5.74) is 0. The minimum absolute atomic E-state index is 0.164. The van der Waals surface area contributed by atoms with Crippen LogP contribution in [0.15, 0.2) is 0 Å². The predicted molar refractivity (Wildman–Crippen MR) is 21.5 cm³/mol. The fourth-order valence-electron chi connectivity index (χ4n) is 0. The van der Waals surface area contributed by atoms with Crippen LogP contribution >= 0.6 is 0 Å². The Bertz CT molecular complexity index is 90.1. The maximum Gasteiger partial charge on any atom is 0.217 e. The second-order valence-corrected chi connectivity index (χ2v) is 5.29. The van der Waals surface area contributed by atoms with Crippen LogP contribution in [0.3, 0.4) is 0 Å². The molecule has 0 saturated heterocycles. The molecule has 0 atom stereocenters. The average molecular weight is 112 g/mol. The molecule has 0 bridgehead atoms. The van der Waals surface area contributed by atoms with E-state index >= 15 is 0 Å². The Kier molecular flexibility index (Phi) is 1.10. The third kappa shape index (κ3) is 1160. The van der Waals surface area contributed by atoms with Gasteiger partial charge in [-0.15, -0.1) is 0 Å². The smallest absolute Gasteiger partial charge is 0.217 e. The first-order valence-corrected chi connectivity index (χ1v) is 5.22. The van der Waals surface area contributed by atoms with E-state index in [2.05, 4.69) is 0 Å². The first-order chi connectivity index (χ1) is 2.00. The van der Waals surface area contributed by atoms with E-state index < -0.39 is 9.57 Å². The van der Waals surface area contributed by atoms with Gasteiger partial charge in [-0.1, -0.05) is 0 Å². The SMILES string of the molecule is O=S(=O)(O)[SiH3]. The summed E-state index contributed by atoms with van der Waals surface area (Å²) in [4.78, 5) is 0. The van der Waals surface area contributed by atoms with Crippen LogP contribution in [-0.2, 0) is 9.57 Å². The minimum Gasteiger partial charge on any atom is -0.292 e. The second-order valence-electron chi connectivity index (χ2n) is 0.733. The molecule has 32 valence electrons. The molecule has 0 heterocycles. The van der Waals surface area contributed by atoms with E-state index in [0.717, 1.165) is 0 Å². The summed E-state index contributed by atoms with van der Waals surface area (Å²) in [6, 6.07) is 0. The summed E-state index contributed by atoms with van der Waals surface area (Å²) in [5.74, 6) is 0. The molecular formula is H4O3SSi. The normalized spacial score (nSPS) is 12.2. The molecule has 0 radical (unpaired) electrons. The average Bonchev–Trinajstić information content (AvgIpc) is 0.722. The molecule has 0 aliphatic carbocycles. The van der Waals surface area contributed by atoms with Gasteiger partial charge in [0.05, 0.1) is 0 Å². The van der Waals surface area contributed by atoms with E-state index in [-0.39, 0.29) is 9.39 Å². The standard InChI is InChI=1S/H4O3SSi/c1-4(2,3)5/h5H3,(H,1,2,3). The van der Waals surface area contributed by atoms with Gasteiger partial charge in [-0.2, -0.15) is 0 Å². The van der Waals surface area contributed by atoms with Crippen LogP contribution < -0.4 is 0 Å². The highest BCUT2D eigenvalue weighted by atomic mass is 32.4. The van der Waals surface area contributed by atoms with Crippen molar-refractivity contribution in [3.8, 4) is 0 Å². The molecular weight excluding hydrogens is 108 g/mol. The van der Waals surface area contributed by atoms with Gasteiger partial charge in [0.15, 0.2) is 9.39 Å². The largest absolute Gasteiger partial charge is 0.292 e. The number of hydrogen-bond donors (Lipinski definition) is 1. The third-order valence-electron chi connectivity index (χ3n) is 0. The minimum atomic E-state index is -3.53. The summed E-state index contributed by atoms with van der Waals surface area (Å²) >= 11 is 0. The Morgan fingerprint density at radius 3 is 1.60 bits per heavy atom. The Balaban J connectivity index is 4.06. The number of hydrogen-bond acceptors (Lipinski definition) is 2. The van der Waals surface area contributed by atoms with Gasteiger partial charge in [-0.05, 0) is 0 Å². The Morgan fingerprint density at radius 2 is 1.60 bits per heavy atom. The molecule has 0 aromatic carbocycles. The van der Waals surface area contributed by atoms with Crippen LogP contribution in [0.4, 0.5) is 0 Å². The van der Waals surface area contributed by atoms with Crippen molar-refractivity contribution in [1.82, 2.24) is 0 Å². The topological polar surface area (TPSA) is 54.4 Å². The van der Waals surface area contributed by atoms with Crippen molar-refractivity contribution < 1.29 is 13.0 Å². The lowest BCUT2D eigenvalue weighted by atomic mass is 15.9. The van der Waals surface area contributed by atoms with Gasteiger partial charge in [0.1, 0.15) is 0 Å². The van der Waals surface area contributed by atoms with Crippen molar-refractivity contribution in [2.24, 2.45) is 0 Å². The molecule has 0 aliphatic heterocycles. The first kappa shape index (κ1) is 5.13. The molecule has 0 aliphatic rings. The first-order valence-electron chi connectivity index (χ1n) is 0.924. The van der Waals surface area contributed by atoms with E-state index in [1.807, 2.05) is 0 Å². The van der Waals surface area contributed by atoms with Crippen molar-refractivity contribution in [1.29, 1.82) is 0 Å². The van der Waals surface area contributed by atoms with Crippen molar-refractivity contribution in [2.75, 3.05) is 0 Å². The van der Waals surface area contributed by atoms with E-state index in [9.17, 15) is 8.42 Å². The van der Waals surface area contributed by atoms with Gasteiger partial charge in [-0.25, -0.2) is 8.42 Å². The molecule has 0 rings (SSSR count). The van der Waals surface area contributed by atoms with Crippen LogP contribution in [0, 0.1) is 0 Å². The van der Waals surface area contributed by atoms with Crippen LogP contribution in [-0.4, -0.2) is 22.4 Å². The number of rotatable bonds is 0. The van der Waals surface area contributed by atoms with E-state index in [0.29, 0.717) is 0 Å². The molecule has 0 saturated carbocycles. The summed E-state index contributed by atoms with van der Waals surface area (Å²) in [7, 11) is -3.69. The van der Waals surface area contributed by atoms with Crippen LogP contribution in [0.1, 0.15) is 0 Å². The van der Waals surface area contributed by atoms with Gasteiger partial charge in [0.25, 0.3) is 0 Å². The van der Waals surface area contributed by atoms with Crippen molar-refractivity contribution in [3.05, 3.63) is 0 Å². The highest BCUT2D eigenvalue weighted by Crippen LogP contribution is 1.57. The quantitative estimate of drug-likeness (QED) is 0.296. The second kappa shape index (κ2) is 1.07. The van der Waals surface area contributed by atoms with E-state index in [1.54, 1.807) is 0 Å². The lowest BCUT2D eigenvalue weighted by Gasteiger charge is -1.70. The van der Waals surface area contributed by atoms with Crippen LogP contribution in [0.25, 0.3) is 0 Å². The molecule has 5 heavy (non-hydrogen) atoms. The molecule has 0 fully saturated rings. The van der Waals surface area contributed by atoms with Crippen molar-refractivity contribution >= 4 is 19.0 Å². The highest BCUT2D eigenvalue weighted by Gasteiger charge is 1.81. The highest BCUT2D eigenvalue weighted by molar-refractivity contribution is 8.07. The van der Waals surface area contributed by atoms with E-state index in [4.69, 9.17) is 4.55 Å². The van der Waals surface area contributed by atoms with E-state index in [1.165, 1.54) is 0 Å². The molecule has 0 spiro atoms. The monoisotopic (exact) mass is 112 g/mol. The van der Waals surface area contributed by atoms with Crippen LogP contribution in [0.2, 0.25) is 0 Å². The molecule has 3 nitrogen and oxygen atoms in total. The molecule has 0 unspecified atom stereocenters. The van der Waals surface area contributed by atoms with Gasteiger partial charge < -0.3 is 0 Å². The molecule has 0 amide bonds. The fraction of sp³-hybridized carbons (Fsp3) is 0. The Morgan fingerprint density at radius 1 is 1.60 bits per heavy atom. The maximum absolute atomic E-state index is 9.25.